The molecule has 0 aromatic heterocycles. The molecule has 1 fully saturated rings. The fourth-order valence-corrected chi connectivity index (χ4v) is 2.69. The number of amides is 1. The fourth-order valence-electron chi connectivity index (χ4n) is 2.69. The van der Waals surface area contributed by atoms with Gasteiger partial charge in [-0.05, 0) is 49.6 Å². The van der Waals surface area contributed by atoms with E-state index < -0.39 is 16.8 Å². The van der Waals surface area contributed by atoms with Crippen molar-refractivity contribution in [2.24, 2.45) is 0 Å². The molecule has 0 aliphatic heterocycles. The summed E-state index contributed by atoms with van der Waals surface area (Å²) in [6, 6.07) is 9.46. The number of anilines is 2. The Kier molecular flexibility index (Phi) is 5.07. The molecule has 27 heavy (non-hydrogen) atoms. The lowest BCUT2D eigenvalue weighted by atomic mass is 10.1. The molecule has 0 spiro atoms. The first-order valence-electron chi connectivity index (χ1n) is 8.45. The Morgan fingerprint density at radius 2 is 1.93 bits per heavy atom. The lowest BCUT2D eigenvalue weighted by Gasteiger charge is -2.12. The molecule has 0 radical (unpaired) electrons. The van der Waals surface area contributed by atoms with Crippen LogP contribution in [0.25, 0.3) is 0 Å². The van der Waals surface area contributed by atoms with Crippen molar-refractivity contribution in [1.29, 1.82) is 0 Å². The van der Waals surface area contributed by atoms with Crippen LogP contribution in [0.3, 0.4) is 0 Å². The second-order valence-electron chi connectivity index (χ2n) is 6.33. The predicted octanol–water partition coefficient (Wildman–Crippen LogP) is 3.52. The number of nitro benzene ring substituents is 1. The molecule has 140 valence electrons. The number of ether oxygens (including phenoxy) is 1. The minimum atomic E-state index is -0.509. The van der Waals surface area contributed by atoms with Gasteiger partial charge < -0.3 is 15.4 Å². The van der Waals surface area contributed by atoms with Crippen LogP contribution in [0.2, 0.25) is 0 Å². The standard InChI is InChI=1S/C19H19N3O5/c1-11-14(19(24)27-2)4-3-5-15(11)21-18(23)12-6-9-16(20-13-7-8-13)17(10-12)22(25)26/h3-6,9-10,13,20H,7-8H2,1-2H3,(H,21,23). The number of carbonyl (C=O) groups excluding carboxylic acids is 2. The number of hydrogen-bond acceptors (Lipinski definition) is 6. The molecule has 2 aromatic rings. The summed E-state index contributed by atoms with van der Waals surface area (Å²) in [4.78, 5) is 35.2. The quantitative estimate of drug-likeness (QED) is 0.458. The van der Waals surface area contributed by atoms with Crippen LogP contribution in [-0.2, 0) is 4.74 Å². The van der Waals surface area contributed by atoms with Gasteiger partial charge in [-0.1, -0.05) is 6.07 Å². The minimum absolute atomic E-state index is 0.144. The van der Waals surface area contributed by atoms with E-state index in [4.69, 9.17) is 4.74 Å². The van der Waals surface area contributed by atoms with Crippen molar-refractivity contribution in [3.63, 3.8) is 0 Å². The molecule has 0 heterocycles. The zero-order valence-corrected chi connectivity index (χ0v) is 14.9. The SMILES string of the molecule is COC(=O)c1cccc(NC(=O)c2ccc(NC3CC3)c([N+](=O)[O-])c2)c1C. The zero-order valence-electron chi connectivity index (χ0n) is 14.9. The van der Waals surface area contributed by atoms with Crippen LogP contribution in [0.15, 0.2) is 36.4 Å². The number of nitrogens with one attached hydrogen (secondary N) is 2. The molecule has 2 aromatic carbocycles. The van der Waals surface area contributed by atoms with E-state index >= 15 is 0 Å². The molecule has 1 aliphatic carbocycles. The van der Waals surface area contributed by atoms with Crippen LogP contribution in [0.5, 0.6) is 0 Å². The van der Waals surface area contributed by atoms with Crippen molar-refractivity contribution in [3.05, 3.63) is 63.2 Å². The van der Waals surface area contributed by atoms with Gasteiger partial charge in [0.15, 0.2) is 0 Å². The van der Waals surface area contributed by atoms with Gasteiger partial charge in [-0.25, -0.2) is 4.79 Å². The number of rotatable bonds is 6. The number of nitrogens with zero attached hydrogens (tertiary/aromatic N) is 1. The molecule has 0 bridgehead atoms. The zero-order chi connectivity index (χ0) is 19.6. The molecular weight excluding hydrogens is 350 g/mol. The van der Waals surface area contributed by atoms with E-state index in [0.29, 0.717) is 22.5 Å². The summed E-state index contributed by atoms with van der Waals surface area (Å²) >= 11 is 0. The van der Waals surface area contributed by atoms with E-state index in [0.717, 1.165) is 12.8 Å². The van der Waals surface area contributed by atoms with Crippen molar-refractivity contribution in [1.82, 2.24) is 0 Å². The number of nitro groups is 1. The van der Waals surface area contributed by atoms with Gasteiger partial charge >= 0.3 is 5.97 Å². The van der Waals surface area contributed by atoms with Gasteiger partial charge in [-0.3, -0.25) is 14.9 Å². The Morgan fingerprint density at radius 3 is 2.56 bits per heavy atom. The van der Waals surface area contributed by atoms with Gasteiger partial charge in [0, 0.05) is 23.4 Å². The highest BCUT2D eigenvalue weighted by atomic mass is 16.6. The van der Waals surface area contributed by atoms with E-state index in [1.165, 1.54) is 19.2 Å². The van der Waals surface area contributed by atoms with Gasteiger partial charge in [-0.2, -0.15) is 0 Å². The van der Waals surface area contributed by atoms with Crippen molar-refractivity contribution >= 4 is 28.9 Å². The maximum absolute atomic E-state index is 12.6. The third-order valence-corrected chi connectivity index (χ3v) is 4.38. The highest BCUT2D eigenvalue weighted by Gasteiger charge is 2.25. The first-order chi connectivity index (χ1) is 12.9. The molecular formula is C19H19N3O5. The summed E-state index contributed by atoms with van der Waals surface area (Å²) in [5.74, 6) is -1.00. The van der Waals surface area contributed by atoms with Crippen LogP contribution in [0.1, 0.15) is 39.1 Å². The van der Waals surface area contributed by atoms with Crippen LogP contribution in [0, 0.1) is 17.0 Å². The Labute approximate surface area is 155 Å². The summed E-state index contributed by atoms with van der Waals surface area (Å²) in [6.45, 7) is 1.69. The largest absolute Gasteiger partial charge is 0.465 e. The molecule has 0 atom stereocenters. The van der Waals surface area contributed by atoms with Gasteiger partial charge in [0.2, 0.25) is 0 Å². The molecule has 2 N–H and O–H groups in total. The van der Waals surface area contributed by atoms with E-state index in [9.17, 15) is 19.7 Å². The molecule has 0 saturated heterocycles. The van der Waals surface area contributed by atoms with E-state index in [1.54, 1.807) is 31.2 Å². The van der Waals surface area contributed by atoms with Crippen LogP contribution >= 0.6 is 0 Å². The third kappa shape index (κ3) is 4.05. The molecule has 0 unspecified atom stereocenters. The number of benzene rings is 2. The highest BCUT2D eigenvalue weighted by molar-refractivity contribution is 6.06. The van der Waals surface area contributed by atoms with Crippen molar-refractivity contribution in [2.45, 2.75) is 25.8 Å². The lowest BCUT2D eigenvalue weighted by molar-refractivity contribution is -0.384. The summed E-state index contributed by atoms with van der Waals surface area (Å²) in [5, 5.41) is 17.1. The monoisotopic (exact) mass is 369 g/mol. The van der Waals surface area contributed by atoms with Crippen LogP contribution in [0.4, 0.5) is 17.1 Å². The molecule has 8 nitrogen and oxygen atoms in total. The normalized spacial score (nSPS) is 13.0. The predicted molar refractivity (Wildman–Crippen MR) is 100 cm³/mol. The fraction of sp³-hybridized carbons (Fsp3) is 0.263. The topological polar surface area (TPSA) is 111 Å². The average Bonchev–Trinajstić information content (AvgIpc) is 3.47. The maximum Gasteiger partial charge on any atom is 0.338 e. The maximum atomic E-state index is 12.6. The minimum Gasteiger partial charge on any atom is -0.465 e. The number of carbonyl (C=O) groups is 2. The molecule has 1 aliphatic rings. The Balaban J connectivity index is 1.85. The van der Waals surface area contributed by atoms with Crippen molar-refractivity contribution in [2.75, 3.05) is 17.7 Å². The molecule has 1 saturated carbocycles. The van der Waals surface area contributed by atoms with Crippen LogP contribution < -0.4 is 10.6 Å². The van der Waals surface area contributed by atoms with Gasteiger partial charge in [0.05, 0.1) is 17.6 Å². The summed E-state index contributed by atoms with van der Waals surface area (Å²) in [5.41, 5.74) is 1.75. The van der Waals surface area contributed by atoms with Crippen molar-refractivity contribution in [3.8, 4) is 0 Å². The third-order valence-electron chi connectivity index (χ3n) is 4.38. The van der Waals surface area contributed by atoms with E-state index in [1.807, 2.05) is 0 Å². The van der Waals surface area contributed by atoms with Gasteiger partial charge in [0.25, 0.3) is 11.6 Å². The Bertz CT molecular complexity index is 922. The first kappa shape index (κ1) is 18.4. The summed E-state index contributed by atoms with van der Waals surface area (Å²) in [7, 11) is 1.28. The second kappa shape index (κ2) is 7.45. The van der Waals surface area contributed by atoms with E-state index in [2.05, 4.69) is 10.6 Å². The lowest BCUT2D eigenvalue weighted by Crippen LogP contribution is -2.15. The average molecular weight is 369 g/mol. The number of hydrogen-bond donors (Lipinski definition) is 2. The first-order valence-corrected chi connectivity index (χ1v) is 8.45. The van der Waals surface area contributed by atoms with Gasteiger partial charge in [-0.15, -0.1) is 0 Å². The van der Waals surface area contributed by atoms with Crippen LogP contribution in [-0.4, -0.2) is 30.0 Å². The van der Waals surface area contributed by atoms with Crippen molar-refractivity contribution < 1.29 is 19.2 Å². The summed E-state index contributed by atoms with van der Waals surface area (Å²) < 4.78 is 4.72. The van der Waals surface area contributed by atoms with Gasteiger partial charge in [0.1, 0.15) is 5.69 Å². The molecule has 3 rings (SSSR count). The summed E-state index contributed by atoms with van der Waals surface area (Å²) in [6.07, 6.45) is 1.96. The Morgan fingerprint density at radius 1 is 1.19 bits per heavy atom. The smallest absolute Gasteiger partial charge is 0.338 e. The number of esters is 1. The molecule has 8 heteroatoms. The Hall–Kier alpha value is -3.42. The van der Waals surface area contributed by atoms with E-state index in [-0.39, 0.29) is 17.3 Å². The number of methoxy groups -OCH3 is 1. The molecule has 1 amide bonds. The highest BCUT2D eigenvalue weighted by Crippen LogP contribution is 2.32. The second-order valence-corrected chi connectivity index (χ2v) is 6.33.